The predicted molar refractivity (Wildman–Crippen MR) is 184 cm³/mol. The quantitative estimate of drug-likeness (QED) is 0.253. The molecular formula is C39H51FN4O4. The van der Waals surface area contributed by atoms with Gasteiger partial charge in [0.2, 0.25) is 5.88 Å². The van der Waals surface area contributed by atoms with Crippen LogP contribution in [0.2, 0.25) is 0 Å². The number of halogens is 1. The summed E-state index contributed by atoms with van der Waals surface area (Å²) in [6, 6.07) is 16.0. The zero-order valence-corrected chi connectivity index (χ0v) is 28.8. The molecule has 6 rings (SSSR count). The zero-order chi connectivity index (χ0) is 33.9. The Morgan fingerprint density at radius 3 is 2.62 bits per heavy atom. The van der Waals surface area contributed by atoms with Crippen LogP contribution in [0.1, 0.15) is 80.3 Å². The average Bonchev–Trinajstić information content (AvgIpc) is 3.04. The molecule has 1 aromatic heterocycles. The smallest absolute Gasteiger partial charge is 0.250 e. The summed E-state index contributed by atoms with van der Waals surface area (Å²) >= 11 is 0. The van der Waals surface area contributed by atoms with Gasteiger partial charge in [-0.05, 0) is 84.9 Å². The standard InChI is InChI=1S/C39H51FN4O4/c1-26-8-5-6-9-29(26)24-44-16-17-47-35(25-44)36(46)43-32(19-27-10-12-30(40)13-11-27)34(45)23-41-33-21-39(14-7-15-39)48-37-31(33)18-28(22-42-37)20-38(2,3)4/h5-6,8-13,18,22,32-35,41,45H,7,14-17,19-21,23-25H2,1-4H3,(H,43,46)/t32-,33-,34+,35+/m0/s1. The van der Waals surface area contributed by atoms with Crippen LogP contribution in [0.15, 0.2) is 60.8 Å². The van der Waals surface area contributed by atoms with Crippen molar-refractivity contribution in [1.29, 1.82) is 0 Å². The molecule has 3 aromatic rings. The first kappa shape index (κ1) is 34.5. The van der Waals surface area contributed by atoms with Crippen LogP contribution in [0, 0.1) is 18.2 Å². The van der Waals surface area contributed by atoms with Gasteiger partial charge in [-0.3, -0.25) is 9.69 Å². The number of rotatable bonds is 11. The van der Waals surface area contributed by atoms with E-state index in [1.165, 1.54) is 23.3 Å². The van der Waals surface area contributed by atoms with E-state index in [4.69, 9.17) is 14.5 Å². The van der Waals surface area contributed by atoms with Crippen LogP contribution in [-0.4, -0.2) is 71.0 Å². The molecule has 48 heavy (non-hydrogen) atoms. The van der Waals surface area contributed by atoms with Crippen LogP contribution < -0.4 is 15.4 Å². The summed E-state index contributed by atoms with van der Waals surface area (Å²) < 4.78 is 26.2. The van der Waals surface area contributed by atoms with Gasteiger partial charge in [0.15, 0.2) is 0 Å². The molecule has 1 saturated carbocycles. The number of nitrogens with zero attached hydrogens (tertiary/aromatic N) is 2. The lowest BCUT2D eigenvalue weighted by Gasteiger charge is -2.47. The van der Waals surface area contributed by atoms with E-state index in [9.17, 15) is 14.3 Å². The Kier molecular flexibility index (Phi) is 10.5. The Balaban J connectivity index is 1.15. The van der Waals surface area contributed by atoms with Crippen LogP contribution in [0.3, 0.4) is 0 Å². The minimum atomic E-state index is -0.917. The molecule has 2 aromatic carbocycles. The molecule has 258 valence electrons. The molecule has 1 aliphatic carbocycles. The highest BCUT2D eigenvalue weighted by molar-refractivity contribution is 5.81. The molecule has 2 aliphatic heterocycles. The fourth-order valence-electron chi connectivity index (χ4n) is 7.22. The Morgan fingerprint density at radius 1 is 1.15 bits per heavy atom. The van der Waals surface area contributed by atoms with E-state index in [-0.39, 0.29) is 35.3 Å². The highest BCUT2D eigenvalue weighted by Gasteiger charge is 2.46. The SMILES string of the molecule is Cc1ccccc1CN1CCO[C@@H](C(=O)N[C@@H](Cc2ccc(F)cc2)[C@H](O)CN[C@H]2CC3(CCC3)Oc3ncc(CC(C)(C)C)cc32)C1. The van der Waals surface area contributed by atoms with E-state index >= 15 is 0 Å². The Hall–Kier alpha value is -3.37. The van der Waals surface area contributed by atoms with Gasteiger partial charge in [-0.25, -0.2) is 9.37 Å². The summed E-state index contributed by atoms with van der Waals surface area (Å²) in [7, 11) is 0. The van der Waals surface area contributed by atoms with Gasteiger partial charge in [0.05, 0.1) is 18.8 Å². The van der Waals surface area contributed by atoms with Crippen LogP contribution in [0.4, 0.5) is 4.39 Å². The Bertz CT molecular complexity index is 1550. The molecule has 1 saturated heterocycles. The number of pyridine rings is 1. The van der Waals surface area contributed by atoms with Crippen molar-refractivity contribution < 1.29 is 23.8 Å². The fourth-order valence-corrected chi connectivity index (χ4v) is 7.22. The van der Waals surface area contributed by atoms with E-state index < -0.39 is 18.2 Å². The van der Waals surface area contributed by atoms with E-state index in [0.29, 0.717) is 25.5 Å². The maximum Gasteiger partial charge on any atom is 0.250 e. The monoisotopic (exact) mass is 658 g/mol. The second-order valence-electron chi connectivity index (χ2n) is 15.3. The normalized spacial score (nSPS) is 21.9. The van der Waals surface area contributed by atoms with Crippen molar-refractivity contribution in [3.05, 3.63) is 94.4 Å². The number of amides is 1. The highest BCUT2D eigenvalue weighted by Crippen LogP contribution is 2.48. The van der Waals surface area contributed by atoms with E-state index in [1.54, 1.807) is 12.1 Å². The summed E-state index contributed by atoms with van der Waals surface area (Å²) in [5, 5.41) is 18.4. The molecule has 0 radical (unpaired) electrons. The van der Waals surface area contributed by atoms with Crippen LogP contribution >= 0.6 is 0 Å². The van der Waals surface area contributed by atoms with Crippen LogP contribution in [0.5, 0.6) is 5.88 Å². The number of aromatic nitrogens is 1. The molecule has 3 N–H and O–H groups in total. The van der Waals surface area contributed by atoms with Crippen molar-refractivity contribution in [2.24, 2.45) is 5.41 Å². The van der Waals surface area contributed by atoms with Crippen molar-refractivity contribution in [3.8, 4) is 5.88 Å². The fraction of sp³-hybridized carbons (Fsp3) is 0.538. The minimum Gasteiger partial charge on any atom is -0.471 e. The molecule has 8 nitrogen and oxygen atoms in total. The van der Waals surface area contributed by atoms with E-state index in [0.717, 1.165) is 61.9 Å². The molecule has 0 bridgehead atoms. The first-order valence-corrected chi connectivity index (χ1v) is 17.5. The number of nitrogens with one attached hydrogen (secondary N) is 2. The number of ether oxygens (including phenoxy) is 2. The molecule has 4 atom stereocenters. The van der Waals surface area contributed by atoms with Gasteiger partial charge >= 0.3 is 0 Å². The summed E-state index contributed by atoms with van der Waals surface area (Å²) in [6.45, 7) is 11.4. The number of morpholine rings is 1. The number of carbonyl (C=O) groups excluding carboxylic acids is 1. The van der Waals surface area contributed by atoms with Gasteiger partial charge in [-0.15, -0.1) is 0 Å². The molecule has 1 spiro atoms. The average molecular weight is 659 g/mol. The van der Waals surface area contributed by atoms with Crippen molar-refractivity contribution in [2.45, 2.75) is 103 Å². The number of aliphatic hydroxyl groups excluding tert-OH is 1. The van der Waals surface area contributed by atoms with Gasteiger partial charge in [0.1, 0.15) is 17.5 Å². The summed E-state index contributed by atoms with van der Waals surface area (Å²) in [6.07, 6.45) is 5.50. The zero-order valence-electron chi connectivity index (χ0n) is 28.8. The van der Waals surface area contributed by atoms with Gasteiger partial charge in [-0.1, -0.05) is 57.2 Å². The number of aryl methyl sites for hydroxylation is 1. The summed E-state index contributed by atoms with van der Waals surface area (Å²) in [4.78, 5) is 20.7. The van der Waals surface area contributed by atoms with Crippen LogP contribution in [-0.2, 0) is 28.9 Å². The summed E-state index contributed by atoms with van der Waals surface area (Å²) in [5.41, 5.74) is 5.35. The molecular weight excluding hydrogens is 607 g/mol. The molecule has 0 unspecified atom stereocenters. The second kappa shape index (κ2) is 14.6. The number of benzene rings is 2. The lowest BCUT2D eigenvalue weighted by molar-refractivity contribution is -0.140. The number of fused-ring (bicyclic) bond motifs is 1. The van der Waals surface area contributed by atoms with Gasteiger partial charge < -0.3 is 25.2 Å². The topological polar surface area (TPSA) is 96.0 Å². The number of hydrogen-bond acceptors (Lipinski definition) is 7. The lowest BCUT2D eigenvalue weighted by Crippen LogP contribution is -2.56. The lowest BCUT2D eigenvalue weighted by atomic mass is 9.73. The molecule has 2 fully saturated rings. The first-order chi connectivity index (χ1) is 23.0. The van der Waals surface area contributed by atoms with Crippen molar-refractivity contribution in [3.63, 3.8) is 0 Å². The van der Waals surface area contributed by atoms with Crippen molar-refractivity contribution in [1.82, 2.24) is 20.5 Å². The maximum absolute atomic E-state index is 13.8. The number of aliphatic hydroxyl groups is 1. The molecule has 1 amide bonds. The first-order valence-electron chi connectivity index (χ1n) is 17.5. The highest BCUT2D eigenvalue weighted by atomic mass is 19.1. The van der Waals surface area contributed by atoms with Crippen LogP contribution in [0.25, 0.3) is 0 Å². The van der Waals surface area contributed by atoms with E-state index in [1.807, 2.05) is 18.3 Å². The van der Waals surface area contributed by atoms with E-state index in [2.05, 4.69) is 61.4 Å². The number of hydrogen-bond donors (Lipinski definition) is 3. The van der Waals surface area contributed by atoms with Crippen molar-refractivity contribution >= 4 is 5.91 Å². The third-order valence-corrected chi connectivity index (χ3v) is 10.0. The summed E-state index contributed by atoms with van der Waals surface area (Å²) in [5.74, 6) is 0.0939. The van der Waals surface area contributed by atoms with Gasteiger partial charge in [0, 0.05) is 50.4 Å². The largest absolute Gasteiger partial charge is 0.471 e. The van der Waals surface area contributed by atoms with Gasteiger partial charge in [-0.2, -0.15) is 0 Å². The Labute approximate surface area is 284 Å². The van der Waals surface area contributed by atoms with Gasteiger partial charge in [0.25, 0.3) is 5.91 Å². The number of carbonyl (C=O) groups is 1. The maximum atomic E-state index is 13.8. The Morgan fingerprint density at radius 2 is 1.92 bits per heavy atom. The molecule has 3 heterocycles. The molecule has 3 aliphatic rings. The third kappa shape index (κ3) is 8.61. The second-order valence-corrected chi connectivity index (χ2v) is 15.3. The van der Waals surface area contributed by atoms with Crippen molar-refractivity contribution in [2.75, 3.05) is 26.2 Å². The predicted octanol–water partition coefficient (Wildman–Crippen LogP) is 5.44. The minimum absolute atomic E-state index is 0.0463. The third-order valence-electron chi connectivity index (χ3n) is 10.0. The molecule has 9 heteroatoms.